The third kappa shape index (κ3) is 3.97. The van der Waals surface area contributed by atoms with Crippen LogP contribution in [0.3, 0.4) is 0 Å². The van der Waals surface area contributed by atoms with Crippen LogP contribution in [0.15, 0.2) is 24.3 Å². The van der Waals surface area contributed by atoms with E-state index in [1.165, 1.54) is 37.9 Å². The Morgan fingerprint density at radius 1 is 1.25 bits per heavy atom. The summed E-state index contributed by atoms with van der Waals surface area (Å²) in [5, 5.41) is 0.798. The first-order valence-electron chi connectivity index (χ1n) is 7.81. The number of nitrogens with zero attached hydrogens (tertiary/aromatic N) is 1. The van der Waals surface area contributed by atoms with Crippen LogP contribution >= 0.6 is 11.6 Å². The fourth-order valence-corrected chi connectivity index (χ4v) is 3.52. The lowest BCUT2D eigenvalue weighted by Crippen LogP contribution is -2.46. The lowest BCUT2D eigenvalue weighted by molar-refractivity contribution is 0.112. The summed E-state index contributed by atoms with van der Waals surface area (Å²) in [7, 11) is 0. The molecule has 1 heterocycles. The van der Waals surface area contributed by atoms with Gasteiger partial charge in [-0.25, -0.2) is 0 Å². The van der Waals surface area contributed by atoms with E-state index in [0.717, 1.165) is 5.02 Å². The summed E-state index contributed by atoms with van der Waals surface area (Å²) < 4.78 is 0. The minimum Gasteiger partial charge on any atom is -0.330 e. The van der Waals surface area contributed by atoms with Crippen LogP contribution in [0.4, 0.5) is 0 Å². The maximum absolute atomic E-state index is 6.11. The average molecular weight is 295 g/mol. The largest absolute Gasteiger partial charge is 0.330 e. The summed E-state index contributed by atoms with van der Waals surface area (Å²) >= 11 is 6.00. The molecule has 1 saturated heterocycles. The molecule has 0 spiro atoms. The Morgan fingerprint density at radius 2 is 1.95 bits per heavy atom. The molecule has 0 amide bonds. The Labute approximate surface area is 128 Å². The Balaban J connectivity index is 2.16. The SMILES string of the molecule is CC(C)CN1CCCCC1C(CN)c1ccc(Cl)cc1. The smallest absolute Gasteiger partial charge is 0.0406 e. The minimum atomic E-state index is 0.423. The Bertz CT molecular complexity index is 402. The quantitative estimate of drug-likeness (QED) is 0.892. The van der Waals surface area contributed by atoms with Crippen LogP contribution in [-0.4, -0.2) is 30.6 Å². The van der Waals surface area contributed by atoms with Crippen LogP contribution in [0, 0.1) is 5.92 Å². The molecule has 1 fully saturated rings. The van der Waals surface area contributed by atoms with E-state index in [1.54, 1.807) is 0 Å². The maximum Gasteiger partial charge on any atom is 0.0406 e. The van der Waals surface area contributed by atoms with Gasteiger partial charge in [0.15, 0.2) is 0 Å². The summed E-state index contributed by atoms with van der Waals surface area (Å²) in [6.45, 7) is 7.69. The van der Waals surface area contributed by atoms with Gasteiger partial charge >= 0.3 is 0 Å². The van der Waals surface area contributed by atoms with Crippen molar-refractivity contribution in [2.24, 2.45) is 11.7 Å². The van der Waals surface area contributed by atoms with Crippen LogP contribution in [0.5, 0.6) is 0 Å². The number of piperidine rings is 1. The van der Waals surface area contributed by atoms with Crippen molar-refractivity contribution in [2.45, 2.75) is 45.1 Å². The van der Waals surface area contributed by atoms with Crippen molar-refractivity contribution < 1.29 is 0 Å². The summed E-state index contributed by atoms with van der Waals surface area (Å²) in [4.78, 5) is 2.65. The fourth-order valence-electron chi connectivity index (χ4n) is 3.39. The Kier molecular flexibility index (Phi) is 5.88. The summed E-state index contributed by atoms with van der Waals surface area (Å²) in [6.07, 6.45) is 3.90. The molecule has 0 aromatic heterocycles. The standard InChI is InChI=1S/C17H27ClN2/c1-13(2)12-20-10-4-3-5-17(20)16(11-19)14-6-8-15(18)9-7-14/h6-9,13,16-17H,3-5,10-12,19H2,1-2H3. The number of likely N-dealkylation sites (tertiary alicyclic amines) is 1. The van der Waals surface area contributed by atoms with Crippen molar-refractivity contribution in [1.82, 2.24) is 4.90 Å². The zero-order valence-corrected chi connectivity index (χ0v) is 13.4. The highest BCUT2D eigenvalue weighted by atomic mass is 35.5. The maximum atomic E-state index is 6.11. The van der Waals surface area contributed by atoms with Crippen LogP contribution in [0.2, 0.25) is 5.02 Å². The molecule has 2 nitrogen and oxygen atoms in total. The molecular formula is C17H27ClN2. The number of nitrogens with two attached hydrogens (primary N) is 1. The zero-order valence-electron chi connectivity index (χ0n) is 12.7. The van der Waals surface area contributed by atoms with Gasteiger partial charge < -0.3 is 5.73 Å². The van der Waals surface area contributed by atoms with Crippen molar-refractivity contribution in [1.29, 1.82) is 0 Å². The van der Waals surface area contributed by atoms with Crippen molar-refractivity contribution in [3.63, 3.8) is 0 Å². The minimum absolute atomic E-state index is 0.423. The molecule has 2 rings (SSSR count). The van der Waals surface area contributed by atoms with Crippen molar-refractivity contribution in [3.05, 3.63) is 34.9 Å². The van der Waals surface area contributed by atoms with E-state index < -0.39 is 0 Å². The van der Waals surface area contributed by atoms with Crippen molar-refractivity contribution in [2.75, 3.05) is 19.6 Å². The molecule has 0 saturated carbocycles. The number of hydrogen-bond donors (Lipinski definition) is 1. The van der Waals surface area contributed by atoms with Crippen LogP contribution in [0.25, 0.3) is 0 Å². The molecule has 20 heavy (non-hydrogen) atoms. The van der Waals surface area contributed by atoms with E-state index in [4.69, 9.17) is 17.3 Å². The van der Waals surface area contributed by atoms with E-state index in [1.807, 2.05) is 12.1 Å². The molecular weight excluding hydrogens is 268 g/mol. The van der Waals surface area contributed by atoms with Crippen molar-refractivity contribution in [3.8, 4) is 0 Å². The van der Waals surface area contributed by atoms with Gasteiger partial charge in [0.25, 0.3) is 0 Å². The predicted octanol–water partition coefficient (Wildman–Crippen LogP) is 3.89. The first kappa shape index (κ1) is 15.8. The van der Waals surface area contributed by atoms with Gasteiger partial charge in [-0.05, 0) is 43.0 Å². The van der Waals surface area contributed by atoms with Crippen LogP contribution < -0.4 is 5.73 Å². The molecule has 1 aromatic rings. The van der Waals surface area contributed by atoms with Crippen LogP contribution in [0.1, 0.15) is 44.6 Å². The highest BCUT2D eigenvalue weighted by Gasteiger charge is 2.30. The second-order valence-electron chi connectivity index (χ2n) is 6.35. The molecule has 3 heteroatoms. The van der Waals surface area contributed by atoms with Gasteiger partial charge in [0.2, 0.25) is 0 Å². The van der Waals surface area contributed by atoms with E-state index in [-0.39, 0.29) is 0 Å². The van der Waals surface area contributed by atoms with Gasteiger partial charge in [-0.3, -0.25) is 4.90 Å². The van der Waals surface area contributed by atoms with Gasteiger partial charge in [0.05, 0.1) is 0 Å². The Hall–Kier alpha value is -0.570. The van der Waals surface area contributed by atoms with E-state index in [9.17, 15) is 0 Å². The monoisotopic (exact) mass is 294 g/mol. The lowest BCUT2D eigenvalue weighted by atomic mass is 9.84. The third-order valence-electron chi connectivity index (χ3n) is 4.28. The molecule has 2 atom stereocenters. The number of halogens is 1. The van der Waals surface area contributed by atoms with Crippen molar-refractivity contribution >= 4 is 11.6 Å². The fraction of sp³-hybridized carbons (Fsp3) is 0.647. The number of rotatable bonds is 5. The molecule has 0 bridgehead atoms. The lowest BCUT2D eigenvalue weighted by Gasteiger charge is -2.41. The predicted molar refractivity (Wildman–Crippen MR) is 87.3 cm³/mol. The average Bonchev–Trinajstić information content (AvgIpc) is 2.43. The summed E-state index contributed by atoms with van der Waals surface area (Å²) in [5.74, 6) is 1.13. The van der Waals surface area contributed by atoms with Gasteiger partial charge in [0.1, 0.15) is 0 Å². The van der Waals surface area contributed by atoms with Gasteiger partial charge in [-0.15, -0.1) is 0 Å². The van der Waals surface area contributed by atoms with Gasteiger partial charge in [-0.2, -0.15) is 0 Å². The molecule has 1 aromatic carbocycles. The summed E-state index contributed by atoms with van der Waals surface area (Å²) in [6, 6.07) is 8.83. The van der Waals surface area contributed by atoms with E-state index >= 15 is 0 Å². The molecule has 2 N–H and O–H groups in total. The highest BCUT2D eigenvalue weighted by Crippen LogP contribution is 2.31. The zero-order chi connectivity index (χ0) is 14.5. The highest BCUT2D eigenvalue weighted by molar-refractivity contribution is 6.30. The molecule has 2 unspecified atom stereocenters. The van der Waals surface area contributed by atoms with Crippen LogP contribution in [-0.2, 0) is 0 Å². The second-order valence-corrected chi connectivity index (χ2v) is 6.78. The summed E-state index contributed by atoms with van der Waals surface area (Å²) in [5.41, 5.74) is 7.44. The van der Waals surface area contributed by atoms with E-state index in [0.29, 0.717) is 24.4 Å². The topological polar surface area (TPSA) is 29.3 Å². The molecule has 0 radical (unpaired) electrons. The molecule has 0 aliphatic carbocycles. The Morgan fingerprint density at radius 3 is 2.55 bits per heavy atom. The molecule has 1 aliphatic rings. The number of hydrogen-bond acceptors (Lipinski definition) is 2. The molecule has 112 valence electrons. The normalized spacial score (nSPS) is 22.1. The van der Waals surface area contributed by atoms with Gasteiger partial charge in [-0.1, -0.05) is 44.0 Å². The second kappa shape index (κ2) is 7.44. The van der Waals surface area contributed by atoms with Gasteiger partial charge in [0, 0.05) is 30.1 Å². The number of benzene rings is 1. The third-order valence-corrected chi connectivity index (χ3v) is 4.53. The first-order valence-corrected chi connectivity index (χ1v) is 8.19. The van der Waals surface area contributed by atoms with E-state index in [2.05, 4.69) is 30.9 Å². The first-order chi connectivity index (χ1) is 9.61. The molecule has 1 aliphatic heterocycles.